The number of hydrogen-bond acceptors (Lipinski definition) is 12. The Balaban J connectivity index is 1.57. The number of aromatic nitrogens is 3. The first-order valence-corrected chi connectivity index (χ1v) is 14.3. The summed E-state index contributed by atoms with van der Waals surface area (Å²) >= 11 is 0. The number of amides is 1. The van der Waals surface area contributed by atoms with Crippen LogP contribution in [-0.2, 0) is 23.4 Å². The lowest BCUT2D eigenvalue weighted by Gasteiger charge is -2.25. The highest BCUT2D eigenvalue weighted by Crippen LogP contribution is 2.46. The number of carbonyl (C=O) groups excluding carboxylic acids is 2. The number of nitrogen functional groups attached to an aromatic ring is 1. The maximum Gasteiger partial charge on any atom is 0.459 e. The molecule has 1 fully saturated rings. The number of nitrogens with zero attached hydrogens (tertiary/aromatic N) is 3. The Morgan fingerprint density at radius 1 is 1.17 bits per heavy atom. The summed E-state index contributed by atoms with van der Waals surface area (Å²) in [6, 6.07) is 7.03. The monoisotopic (exact) mass is 592 g/mol. The second-order valence-electron chi connectivity index (χ2n) is 9.75. The van der Waals surface area contributed by atoms with Gasteiger partial charge in [0.2, 0.25) is 0 Å². The summed E-state index contributed by atoms with van der Waals surface area (Å²) in [4.78, 5) is 32.8. The zero-order valence-corrected chi connectivity index (χ0v) is 23.7. The summed E-state index contributed by atoms with van der Waals surface area (Å²) in [5.74, 6) is -1.02. The minimum atomic E-state index is -4.28. The Morgan fingerprint density at radius 2 is 1.85 bits per heavy atom. The van der Waals surface area contributed by atoms with Gasteiger partial charge in [-0.3, -0.25) is 14.1 Å². The van der Waals surface area contributed by atoms with E-state index in [-0.39, 0.29) is 34.0 Å². The molecule has 1 aliphatic heterocycles. The van der Waals surface area contributed by atoms with E-state index in [9.17, 15) is 24.4 Å². The first-order chi connectivity index (χ1) is 19.3. The number of carbonyl (C=O) groups is 2. The third-order valence-electron chi connectivity index (χ3n) is 6.12. The minimum absolute atomic E-state index is 0.00292. The van der Waals surface area contributed by atoms with Crippen LogP contribution in [-0.4, -0.2) is 73.7 Å². The lowest BCUT2D eigenvalue weighted by atomic mass is 10.1. The van der Waals surface area contributed by atoms with E-state index in [2.05, 4.69) is 15.1 Å². The number of aliphatic hydroxyl groups is 2. The number of anilines is 1. The number of primary amides is 1. The van der Waals surface area contributed by atoms with Crippen molar-refractivity contribution in [2.24, 2.45) is 5.73 Å². The highest BCUT2D eigenvalue weighted by atomic mass is 31.2. The summed E-state index contributed by atoms with van der Waals surface area (Å²) < 4.78 is 37.3. The molecule has 0 bridgehead atoms. The molecule has 1 saturated heterocycles. The molecular weight excluding hydrogens is 559 g/mol. The molecule has 2 aromatic heterocycles. The van der Waals surface area contributed by atoms with Crippen molar-refractivity contribution in [2.75, 3.05) is 12.3 Å². The van der Waals surface area contributed by atoms with Crippen LogP contribution >= 0.6 is 7.75 Å². The molecule has 0 aliphatic carbocycles. The average molecular weight is 593 g/mol. The number of para-hydroxylation sites is 1. The summed E-state index contributed by atoms with van der Waals surface area (Å²) in [5, 5.41) is 24.4. The van der Waals surface area contributed by atoms with Gasteiger partial charge in [0.25, 0.3) is 5.91 Å². The van der Waals surface area contributed by atoms with E-state index in [1.54, 1.807) is 51.1 Å². The number of rotatable bonds is 11. The SMILES string of the molecule is Cc1nc(N)c2c(C(N)=O)cn([C@@H]3O[C@H](COP(=O)(N[C@@H](C)C(=O)OC(C)C)Oc4ccccc4)[C@@H](O)[C@H]3O)c2n1. The molecule has 1 amide bonds. The number of aliphatic hydroxyl groups excluding tert-OH is 2. The third kappa shape index (κ3) is 6.67. The van der Waals surface area contributed by atoms with Crippen LogP contribution in [0.2, 0.25) is 0 Å². The van der Waals surface area contributed by atoms with Crippen LogP contribution in [0, 0.1) is 6.92 Å². The van der Waals surface area contributed by atoms with Gasteiger partial charge in [-0.25, -0.2) is 14.5 Å². The van der Waals surface area contributed by atoms with E-state index in [1.165, 1.54) is 17.7 Å². The summed E-state index contributed by atoms with van der Waals surface area (Å²) in [5.41, 5.74) is 11.7. The predicted molar refractivity (Wildman–Crippen MR) is 146 cm³/mol. The molecule has 3 aromatic rings. The fourth-order valence-electron chi connectivity index (χ4n) is 4.27. The second-order valence-corrected chi connectivity index (χ2v) is 11.4. The molecule has 0 radical (unpaired) electrons. The minimum Gasteiger partial charge on any atom is -0.462 e. The fraction of sp³-hybridized carbons (Fsp3) is 0.440. The lowest BCUT2D eigenvalue weighted by Crippen LogP contribution is -2.38. The summed E-state index contributed by atoms with van der Waals surface area (Å²) in [6.07, 6.45) is -4.65. The molecule has 7 N–H and O–H groups in total. The summed E-state index contributed by atoms with van der Waals surface area (Å²) in [6.45, 7) is 5.83. The van der Waals surface area contributed by atoms with E-state index >= 15 is 0 Å². The molecule has 3 heterocycles. The molecule has 0 spiro atoms. The van der Waals surface area contributed by atoms with E-state index in [4.69, 9.17) is 30.0 Å². The van der Waals surface area contributed by atoms with Gasteiger partial charge in [0.15, 0.2) is 6.23 Å². The standard InChI is InChI=1S/C25H33N6O9P/c1-12(2)38-25(35)13(3)30-41(36,40-15-8-6-5-7-9-15)37-11-17-19(32)20(33)24(39-17)31-10-16(22(27)34)18-21(26)28-14(4)29-23(18)31/h5-10,12-13,17,19-20,24,32-33H,11H2,1-4H3,(H2,27,34)(H,30,36)(H2,26,28,29)/t13-,17+,19+,20+,24+,41?/m0/s1. The Bertz CT molecular complexity index is 1470. The number of ether oxygens (including phenoxy) is 2. The van der Waals surface area contributed by atoms with Gasteiger partial charge in [0, 0.05) is 6.20 Å². The van der Waals surface area contributed by atoms with Crippen LogP contribution in [0.15, 0.2) is 36.5 Å². The van der Waals surface area contributed by atoms with Crippen molar-refractivity contribution < 1.29 is 42.9 Å². The number of fused-ring (bicyclic) bond motifs is 1. The molecule has 15 nitrogen and oxygen atoms in total. The van der Waals surface area contributed by atoms with Crippen molar-refractivity contribution in [1.82, 2.24) is 19.6 Å². The highest BCUT2D eigenvalue weighted by molar-refractivity contribution is 7.52. The molecule has 6 atom stereocenters. The predicted octanol–water partition coefficient (Wildman–Crippen LogP) is 1.17. The van der Waals surface area contributed by atoms with E-state index in [0.717, 1.165) is 0 Å². The van der Waals surface area contributed by atoms with Crippen molar-refractivity contribution >= 4 is 36.5 Å². The molecule has 41 heavy (non-hydrogen) atoms. The van der Waals surface area contributed by atoms with Crippen LogP contribution in [0.25, 0.3) is 11.0 Å². The second kappa shape index (κ2) is 12.1. The molecule has 1 aliphatic rings. The zero-order chi connectivity index (χ0) is 30.1. The summed E-state index contributed by atoms with van der Waals surface area (Å²) in [7, 11) is -4.28. The number of aryl methyl sites for hydroxylation is 1. The zero-order valence-electron chi connectivity index (χ0n) is 22.8. The van der Waals surface area contributed by atoms with Crippen LogP contribution in [0.3, 0.4) is 0 Å². The number of benzene rings is 1. The molecule has 16 heteroatoms. The Hall–Kier alpha value is -3.59. The van der Waals surface area contributed by atoms with Crippen molar-refractivity contribution in [3.05, 3.63) is 47.9 Å². The molecular formula is C25H33N6O9P. The Labute approximate surface area is 235 Å². The van der Waals surface area contributed by atoms with Gasteiger partial charge in [-0.2, -0.15) is 5.09 Å². The van der Waals surface area contributed by atoms with Crippen LogP contribution in [0.5, 0.6) is 5.75 Å². The normalized spacial score (nSPS) is 22.9. The van der Waals surface area contributed by atoms with E-state index in [0.29, 0.717) is 0 Å². The average Bonchev–Trinajstić information content (AvgIpc) is 3.40. The van der Waals surface area contributed by atoms with E-state index < -0.39 is 62.9 Å². The largest absolute Gasteiger partial charge is 0.462 e. The lowest BCUT2D eigenvalue weighted by molar-refractivity contribution is -0.149. The van der Waals surface area contributed by atoms with Crippen molar-refractivity contribution in [1.29, 1.82) is 0 Å². The third-order valence-corrected chi connectivity index (χ3v) is 7.77. The maximum atomic E-state index is 13.8. The van der Waals surface area contributed by atoms with Crippen molar-refractivity contribution in [2.45, 2.75) is 64.4 Å². The van der Waals surface area contributed by atoms with Crippen LogP contribution in [0.1, 0.15) is 43.2 Å². The Kier molecular flexibility index (Phi) is 8.97. The van der Waals surface area contributed by atoms with Gasteiger partial charge in [0.05, 0.1) is 23.7 Å². The van der Waals surface area contributed by atoms with Crippen LogP contribution in [0.4, 0.5) is 5.82 Å². The van der Waals surface area contributed by atoms with Gasteiger partial charge in [-0.15, -0.1) is 0 Å². The van der Waals surface area contributed by atoms with Gasteiger partial charge >= 0.3 is 13.7 Å². The van der Waals surface area contributed by atoms with Gasteiger partial charge < -0.3 is 40.2 Å². The molecule has 1 aromatic carbocycles. The topological polar surface area (TPSA) is 223 Å². The number of esters is 1. The maximum absolute atomic E-state index is 13.8. The smallest absolute Gasteiger partial charge is 0.459 e. The number of nitrogens with two attached hydrogens (primary N) is 2. The van der Waals surface area contributed by atoms with Crippen LogP contribution < -0.4 is 21.1 Å². The fourth-order valence-corrected chi connectivity index (χ4v) is 5.77. The van der Waals surface area contributed by atoms with Gasteiger partial charge in [0.1, 0.15) is 47.4 Å². The van der Waals surface area contributed by atoms with Gasteiger partial charge in [-0.05, 0) is 39.8 Å². The molecule has 0 saturated carbocycles. The number of nitrogens with one attached hydrogen (secondary N) is 1. The molecule has 1 unspecified atom stereocenters. The van der Waals surface area contributed by atoms with Crippen molar-refractivity contribution in [3.63, 3.8) is 0 Å². The first-order valence-electron chi connectivity index (χ1n) is 12.7. The highest BCUT2D eigenvalue weighted by Gasteiger charge is 2.46. The molecule has 4 rings (SSSR count). The first kappa shape index (κ1) is 30.4. The van der Waals surface area contributed by atoms with E-state index in [1.807, 2.05) is 0 Å². The quantitative estimate of drug-likeness (QED) is 0.156. The van der Waals surface area contributed by atoms with Gasteiger partial charge in [-0.1, -0.05) is 18.2 Å². The molecule has 222 valence electrons. The van der Waals surface area contributed by atoms with Crippen molar-refractivity contribution in [3.8, 4) is 5.75 Å². The Morgan fingerprint density at radius 3 is 2.49 bits per heavy atom. The number of hydrogen-bond donors (Lipinski definition) is 5.